The second-order valence-corrected chi connectivity index (χ2v) is 7.27. The zero-order valence-electron chi connectivity index (χ0n) is 15.0. The first-order chi connectivity index (χ1) is 13.4. The van der Waals surface area contributed by atoms with E-state index in [0.717, 1.165) is 22.3 Å². The minimum Gasteiger partial charge on any atom is -0.477 e. The number of carbonyl (C=O) groups excluding carboxylic acids is 1. The Hall–Kier alpha value is -2.96. The van der Waals surface area contributed by atoms with Crippen LogP contribution in [-0.4, -0.2) is 35.2 Å². The van der Waals surface area contributed by atoms with Gasteiger partial charge in [-0.05, 0) is 41.5 Å². The first-order valence-corrected chi connectivity index (χ1v) is 9.10. The lowest BCUT2D eigenvalue weighted by atomic mass is 9.72. The van der Waals surface area contributed by atoms with Crippen molar-refractivity contribution < 1.29 is 28.2 Å². The minimum absolute atomic E-state index is 0.0193. The molecule has 2 N–H and O–H groups in total. The van der Waals surface area contributed by atoms with Gasteiger partial charge in [0.2, 0.25) is 0 Å². The van der Waals surface area contributed by atoms with Crippen LogP contribution in [-0.2, 0) is 9.53 Å². The molecule has 1 fully saturated rings. The van der Waals surface area contributed by atoms with Crippen molar-refractivity contribution in [1.29, 1.82) is 0 Å². The maximum absolute atomic E-state index is 14.1. The second-order valence-electron chi connectivity index (χ2n) is 7.27. The number of carboxylic acid groups (broad SMARTS) is 1. The zero-order valence-corrected chi connectivity index (χ0v) is 15.0. The molecule has 1 saturated carbocycles. The van der Waals surface area contributed by atoms with Crippen molar-refractivity contribution >= 4 is 12.1 Å². The molecule has 0 saturated heterocycles. The monoisotopic (exact) mass is 387 g/mol. The number of carboxylic acids is 1. The number of hydrogen-bond donors (Lipinski definition) is 2. The van der Waals surface area contributed by atoms with E-state index < -0.39 is 23.5 Å². The lowest BCUT2D eigenvalue weighted by Gasteiger charge is -2.45. The van der Waals surface area contributed by atoms with E-state index in [-0.39, 0.29) is 25.4 Å². The van der Waals surface area contributed by atoms with Crippen LogP contribution in [0, 0.1) is 0 Å². The third kappa shape index (κ3) is 2.73. The van der Waals surface area contributed by atoms with E-state index in [2.05, 4.69) is 5.32 Å². The smallest absolute Gasteiger partial charge is 0.407 e. The number of alkyl carbamates (subject to hydrolysis) is 1. The highest BCUT2D eigenvalue weighted by atomic mass is 19.3. The molecule has 0 heterocycles. The summed E-state index contributed by atoms with van der Waals surface area (Å²) in [6, 6.07) is 15.5. The van der Waals surface area contributed by atoms with Gasteiger partial charge in [0, 0.05) is 5.92 Å². The number of aliphatic carboxylic acids is 1. The van der Waals surface area contributed by atoms with Gasteiger partial charge in [-0.3, -0.25) is 0 Å². The molecule has 2 aliphatic carbocycles. The van der Waals surface area contributed by atoms with E-state index in [4.69, 9.17) is 9.84 Å². The van der Waals surface area contributed by atoms with Crippen LogP contribution >= 0.6 is 0 Å². The number of hydrogen-bond acceptors (Lipinski definition) is 3. The number of rotatable bonds is 5. The fraction of sp³-hybridized carbons (Fsp3) is 0.333. The van der Waals surface area contributed by atoms with Crippen molar-refractivity contribution in [3.05, 3.63) is 59.7 Å². The van der Waals surface area contributed by atoms with Crippen molar-refractivity contribution in [2.24, 2.45) is 0 Å². The van der Waals surface area contributed by atoms with Gasteiger partial charge in [0.15, 0.2) is 0 Å². The molecule has 4 rings (SSSR count). The summed E-state index contributed by atoms with van der Waals surface area (Å²) in [6.45, 7) is -0.0193. The van der Waals surface area contributed by atoms with Crippen LogP contribution in [0.5, 0.6) is 0 Å². The summed E-state index contributed by atoms with van der Waals surface area (Å²) >= 11 is 0. The predicted octanol–water partition coefficient (Wildman–Crippen LogP) is 4.17. The van der Waals surface area contributed by atoms with Crippen molar-refractivity contribution in [3.63, 3.8) is 0 Å². The Morgan fingerprint density at radius 2 is 1.61 bits per heavy atom. The first kappa shape index (κ1) is 18.4. The molecular weight excluding hydrogens is 368 g/mol. The third-order valence-corrected chi connectivity index (χ3v) is 5.76. The van der Waals surface area contributed by atoms with Gasteiger partial charge in [-0.25, -0.2) is 9.59 Å². The number of nitrogens with one attached hydrogen (secondary N) is 1. The van der Waals surface area contributed by atoms with Gasteiger partial charge >= 0.3 is 18.0 Å². The number of amides is 1. The average Bonchev–Trinajstić information content (AvgIpc) is 2.96. The number of fused-ring (bicyclic) bond motifs is 3. The molecule has 0 aromatic heterocycles. The highest BCUT2D eigenvalue weighted by Gasteiger charge is 2.63. The zero-order chi connectivity index (χ0) is 19.9. The van der Waals surface area contributed by atoms with Gasteiger partial charge in [-0.2, -0.15) is 8.78 Å². The molecule has 0 radical (unpaired) electrons. The summed E-state index contributed by atoms with van der Waals surface area (Å²) in [5.74, 6) is -6.49. The van der Waals surface area contributed by atoms with E-state index in [1.165, 1.54) is 0 Å². The van der Waals surface area contributed by atoms with Gasteiger partial charge < -0.3 is 15.2 Å². The summed E-state index contributed by atoms with van der Waals surface area (Å²) < 4.78 is 33.4. The first-order valence-electron chi connectivity index (χ1n) is 9.10. The quantitative estimate of drug-likeness (QED) is 0.808. The molecule has 1 amide bonds. The molecule has 7 heteroatoms. The molecule has 0 unspecified atom stereocenters. The Kier molecular flexibility index (Phi) is 4.33. The molecule has 0 atom stereocenters. The van der Waals surface area contributed by atoms with Crippen molar-refractivity contribution in [1.82, 2.24) is 5.32 Å². The summed E-state index contributed by atoms with van der Waals surface area (Å²) in [5, 5.41) is 11.0. The molecule has 5 nitrogen and oxygen atoms in total. The van der Waals surface area contributed by atoms with Crippen LogP contribution in [0.4, 0.5) is 13.6 Å². The van der Waals surface area contributed by atoms with E-state index in [0.29, 0.717) is 6.42 Å². The molecule has 2 aliphatic rings. The van der Waals surface area contributed by atoms with Crippen molar-refractivity contribution in [2.75, 3.05) is 6.61 Å². The minimum atomic E-state index is -4.04. The van der Waals surface area contributed by atoms with Crippen LogP contribution < -0.4 is 5.32 Å². The van der Waals surface area contributed by atoms with Crippen LogP contribution in [0.2, 0.25) is 0 Å². The summed E-state index contributed by atoms with van der Waals surface area (Å²) in [5.41, 5.74) is 2.04. The maximum atomic E-state index is 14.1. The second kappa shape index (κ2) is 6.58. The van der Waals surface area contributed by atoms with Gasteiger partial charge in [-0.15, -0.1) is 0 Å². The summed E-state index contributed by atoms with van der Waals surface area (Å²) in [4.78, 5) is 23.2. The Morgan fingerprint density at radius 3 is 2.07 bits per heavy atom. The topological polar surface area (TPSA) is 75.6 Å². The third-order valence-electron chi connectivity index (χ3n) is 5.76. The molecular formula is C21H19F2NO4. The van der Waals surface area contributed by atoms with Crippen molar-refractivity contribution in [3.8, 4) is 11.1 Å². The number of benzene rings is 2. The lowest BCUT2D eigenvalue weighted by Crippen LogP contribution is -2.67. The van der Waals surface area contributed by atoms with E-state index in [1.807, 2.05) is 48.5 Å². The average molecular weight is 387 g/mol. The molecule has 2 aromatic carbocycles. The summed E-state index contributed by atoms with van der Waals surface area (Å²) in [6.07, 6.45) is -0.804. The SMILES string of the molecule is O=C(NC1(C(F)(F)C(=O)O)CCC1)OCC1c2ccccc2-c2ccccc21. The highest BCUT2D eigenvalue weighted by Crippen LogP contribution is 2.46. The van der Waals surface area contributed by atoms with Gasteiger partial charge in [-0.1, -0.05) is 48.5 Å². The van der Waals surface area contributed by atoms with Gasteiger partial charge in [0.1, 0.15) is 12.1 Å². The number of alkyl halides is 2. The maximum Gasteiger partial charge on any atom is 0.407 e. The fourth-order valence-corrected chi connectivity index (χ4v) is 4.08. The van der Waals surface area contributed by atoms with E-state index in [9.17, 15) is 18.4 Å². The van der Waals surface area contributed by atoms with E-state index >= 15 is 0 Å². The van der Waals surface area contributed by atoms with Crippen LogP contribution in [0.25, 0.3) is 11.1 Å². The molecule has 0 aliphatic heterocycles. The Balaban J connectivity index is 1.49. The number of ether oxygens (including phenoxy) is 1. The molecule has 0 bridgehead atoms. The number of carbonyl (C=O) groups is 2. The lowest BCUT2D eigenvalue weighted by molar-refractivity contribution is -0.186. The molecule has 2 aromatic rings. The van der Waals surface area contributed by atoms with Crippen LogP contribution in [0.1, 0.15) is 36.3 Å². The van der Waals surface area contributed by atoms with Gasteiger partial charge in [0.25, 0.3) is 0 Å². The largest absolute Gasteiger partial charge is 0.477 e. The normalized spacial score (nSPS) is 17.2. The van der Waals surface area contributed by atoms with Crippen molar-refractivity contribution in [2.45, 2.75) is 36.6 Å². The highest BCUT2D eigenvalue weighted by molar-refractivity contribution is 5.81. The fourth-order valence-electron chi connectivity index (χ4n) is 4.08. The summed E-state index contributed by atoms with van der Waals surface area (Å²) in [7, 11) is 0. The van der Waals surface area contributed by atoms with Crippen LogP contribution in [0.3, 0.4) is 0 Å². The number of halogens is 2. The van der Waals surface area contributed by atoms with Crippen LogP contribution in [0.15, 0.2) is 48.5 Å². The Morgan fingerprint density at radius 1 is 1.07 bits per heavy atom. The predicted molar refractivity (Wildman–Crippen MR) is 97.4 cm³/mol. The van der Waals surface area contributed by atoms with E-state index in [1.54, 1.807) is 0 Å². The standard InChI is InChI=1S/C21H19F2NO4/c22-21(23,18(25)26)20(10-5-11-20)24-19(27)28-12-17-15-8-3-1-6-13(15)14-7-2-4-9-16(14)17/h1-4,6-9,17H,5,10-12H2,(H,24,27)(H,25,26). The molecule has 0 spiro atoms. The Bertz CT molecular complexity index is 894. The molecule has 146 valence electrons. The van der Waals surface area contributed by atoms with Gasteiger partial charge in [0.05, 0.1) is 0 Å². The molecule has 28 heavy (non-hydrogen) atoms. The Labute approximate surface area is 160 Å².